The molecule has 0 spiro atoms. The summed E-state index contributed by atoms with van der Waals surface area (Å²) in [5.41, 5.74) is -0.490. The highest BCUT2D eigenvalue weighted by atomic mass is 16.5. The number of carboxylic acids is 1. The lowest BCUT2D eigenvalue weighted by Gasteiger charge is -2.21. The Morgan fingerprint density at radius 2 is 1.79 bits per heavy atom. The third-order valence-electron chi connectivity index (χ3n) is 2.33. The van der Waals surface area contributed by atoms with E-state index in [0.29, 0.717) is 0 Å². The van der Waals surface area contributed by atoms with E-state index < -0.39 is 17.5 Å². The Kier molecular flexibility index (Phi) is 3.68. The minimum Gasteiger partial charge on any atom is -0.477 e. The minimum atomic E-state index is -1.31. The number of carbonyl (C=O) groups excluding carboxylic acids is 1. The van der Waals surface area contributed by atoms with E-state index in [0.717, 1.165) is 32.1 Å². The minimum absolute atomic E-state index is 0.118. The van der Waals surface area contributed by atoms with Crippen LogP contribution in [0.25, 0.3) is 0 Å². The summed E-state index contributed by atoms with van der Waals surface area (Å²) < 4.78 is 5.00. The first-order valence-corrected chi connectivity index (χ1v) is 4.74. The number of aliphatic carboxylic acids is 1. The number of ether oxygens (including phenoxy) is 1. The largest absolute Gasteiger partial charge is 0.477 e. The van der Waals surface area contributed by atoms with Gasteiger partial charge >= 0.3 is 11.9 Å². The van der Waals surface area contributed by atoms with E-state index in [2.05, 4.69) is 6.58 Å². The second kappa shape index (κ2) is 4.79. The van der Waals surface area contributed by atoms with Crippen molar-refractivity contribution < 1.29 is 19.4 Å². The number of carboxylic acid groups (broad SMARTS) is 1. The van der Waals surface area contributed by atoms with Crippen molar-refractivity contribution >= 4 is 11.9 Å². The fourth-order valence-corrected chi connectivity index (χ4v) is 1.49. The van der Waals surface area contributed by atoms with E-state index in [1.165, 1.54) is 0 Å². The van der Waals surface area contributed by atoms with Crippen molar-refractivity contribution in [3.05, 3.63) is 12.2 Å². The lowest BCUT2D eigenvalue weighted by atomic mass is 9.98. The molecule has 1 rings (SSSR count). The summed E-state index contributed by atoms with van der Waals surface area (Å²) in [6.45, 7) is 3.15. The summed E-state index contributed by atoms with van der Waals surface area (Å²) in [7, 11) is 0. The Labute approximate surface area is 82.6 Å². The second-order valence-corrected chi connectivity index (χ2v) is 3.45. The maximum absolute atomic E-state index is 11.2. The molecule has 0 bridgehead atoms. The van der Waals surface area contributed by atoms with Crippen molar-refractivity contribution in [3.8, 4) is 0 Å². The Balaban J connectivity index is 2.39. The van der Waals surface area contributed by atoms with Crippen molar-refractivity contribution in [2.24, 2.45) is 0 Å². The molecule has 14 heavy (non-hydrogen) atoms. The smallest absolute Gasteiger partial charge is 0.345 e. The highest BCUT2D eigenvalue weighted by Crippen LogP contribution is 2.20. The molecule has 0 heterocycles. The summed E-state index contributed by atoms with van der Waals surface area (Å²) in [5, 5.41) is 8.48. The van der Waals surface area contributed by atoms with Gasteiger partial charge in [0.15, 0.2) is 0 Å². The lowest BCUT2D eigenvalue weighted by Crippen LogP contribution is -2.23. The monoisotopic (exact) mass is 198 g/mol. The van der Waals surface area contributed by atoms with Gasteiger partial charge in [0.05, 0.1) is 0 Å². The van der Waals surface area contributed by atoms with Crippen LogP contribution in [0, 0.1) is 0 Å². The van der Waals surface area contributed by atoms with Crippen LogP contribution < -0.4 is 0 Å². The molecular weight excluding hydrogens is 184 g/mol. The highest BCUT2D eigenvalue weighted by Gasteiger charge is 2.22. The first kappa shape index (κ1) is 10.8. The molecule has 1 N–H and O–H groups in total. The van der Waals surface area contributed by atoms with Crippen molar-refractivity contribution in [1.29, 1.82) is 0 Å². The molecule has 1 aliphatic carbocycles. The van der Waals surface area contributed by atoms with Crippen LogP contribution in [-0.2, 0) is 14.3 Å². The molecule has 1 fully saturated rings. The van der Waals surface area contributed by atoms with Gasteiger partial charge in [-0.2, -0.15) is 0 Å². The van der Waals surface area contributed by atoms with Crippen LogP contribution in [0.4, 0.5) is 0 Å². The van der Waals surface area contributed by atoms with Crippen LogP contribution in [0.5, 0.6) is 0 Å². The fourth-order valence-electron chi connectivity index (χ4n) is 1.49. The van der Waals surface area contributed by atoms with Crippen molar-refractivity contribution in [2.75, 3.05) is 0 Å². The summed E-state index contributed by atoms with van der Waals surface area (Å²) in [6, 6.07) is 0. The molecule has 0 aromatic heterocycles. The fraction of sp³-hybridized carbons (Fsp3) is 0.600. The third kappa shape index (κ3) is 2.87. The summed E-state index contributed by atoms with van der Waals surface area (Å²) in [6.07, 6.45) is 4.78. The summed E-state index contributed by atoms with van der Waals surface area (Å²) >= 11 is 0. The molecule has 0 aromatic rings. The first-order chi connectivity index (χ1) is 6.61. The standard InChI is InChI=1S/C10H14O4/c1-7(9(11)12)10(13)14-8-5-3-2-4-6-8/h8H,1-6H2,(H,11,12). The summed E-state index contributed by atoms with van der Waals surface area (Å²) in [5.74, 6) is -2.12. The van der Waals surface area contributed by atoms with Gasteiger partial charge in [-0.3, -0.25) is 0 Å². The molecule has 78 valence electrons. The third-order valence-corrected chi connectivity index (χ3v) is 2.33. The maximum atomic E-state index is 11.2. The molecule has 4 nitrogen and oxygen atoms in total. The number of carbonyl (C=O) groups is 2. The zero-order valence-corrected chi connectivity index (χ0v) is 7.99. The first-order valence-electron chi connectivity index (χ1n) is 4.74. The van der Waals surface area contributed by atoms with E-state index in [1.54, 1.807) is 0 Å². The van der Waals surface area contributed by atoms with Crippen molar-refractivity contribution in [2.45, 2.75) is 38.2 Å². The molecule has 0 unspecified atom stereocenters. The number of rotatable bonds is 3. The van der Waals surface area contributed by atoms with E-state index in [4.69, 9.17) is 9.84 Å². The van der Waals surface area contributed by atoms with Gasteiger partial charge < -0.3 is 9.84 Å². The predicted molar refractivity (Wildman–Crippen MR) is 49.7 cm³/mol. The van der Waals surface area contributed by atoms with Crippen molar-refractivity contribution in [3.63, 3.8) is 0 Å². The van der Waals surface area contributed by atoms with E-state index in [-0.39, 0.29) is 6.10 Å². The Morgan fingerprint density at radius 3 is 2.29 bits per heavy atom. The molecular formula is C10H14O4. The van der Waals surface area contributed by atoms with Crippen LogP contribution in [0.2, 0.25) is 0 Å². The Bertz CT molecular complexity index is 251. The molecule has 0 amide bonds. The zero-order chi connectivity index (χ0) is 10.6. The summed E-state index contributed by atoms with van der Waals surface area (Å²) in [4.78, 5) is 21.5. The SMILES string of the molecule is C=C(C(=O)O)C(=O)OC1CCCCC1. The second-order valence-electron chi connectivity index (χ2n) is 3.45. The lowest BCUT2D eigenvalue weighted by molar-refractivity contribution is -0.149. The predicted octanol–water partition coefficient (Wildman–Crippen LogP) is 1.50. The van der Waals surface area contributed by atoms with E-state index >= 15 is 0 Å². The molecule has 1 saturated carbocycles. The van der Waals surface area contributed by atoms with E-state index in [9.17, 15) is 9.59 Å². The molecule has 0 saturated heterocycles. The van der Waals surface area contributed by atoms with Gasteiger partial charge in [-0.1, -0.05) is 13.0 Å². The Hall–Kier alpha value is -1.32. The normalized spacial score (nSPS) is 17.4. The van der Waals surface area contributed by atoms with E-state index in [1.807, 2.05) is 0 Å². The van der Waals surface area contributed by atoms with Crippen molar-refractivity contribution in [1.82, 2.24) is 0 Å². The molecule has 4 heteroatoms. The van der Waals surface area contributed by atoms with Gasteiger partial charge in [0, 0.05) is 0 Å². The van der Waals surface area contributed by atoms with Gasteiger partial charge in [0.2, 0.25) is 0 Å². The molecule has 1 aliphatic rings. The van der Waals surface area contributed by atoms with Crippen LogP contribution >= 0.6 is 0 Å². The van der Waals surface area contributed by atoms with Gasteiger partial charge in [0.1, 0.15) is 11.7 Å². The highest BCUT2D eigenvalue weighted by molar-refractivity contribution is 6.12. The molecule has 0 atom stereocenters. The zero-order valence-electron chi connectivity index (χ0n) is 7.99. The topological polar surface area (TPSA) is 63.6 Å². The van der Waals surface area contributed by atoms with Crippen LogP contribution in [0.15, 0.2) is 12.2 Å². The van der Waals surface area contributed by atoms with Crippen LogP contribution in [0.3, 0.4) is 0 Å². The maximum Gasteiger partial charge on any atom is 0.345 e. The molecule has 0 radical (unpaired) electrons. The molecule has 0 aliphatic heterocycles. The average Bonchev–Trinajstić information content (AvgIpc) is 2.18. The number of hydrogen-bond donors (Lipinski definition) is 1. The number of esters is 1. The molecule has 0 aromatic carbocycles. The quantitative estimate of drug-likeness (QED) is 0.323. The Morgan fingerprint density at radius 1 is 1.21 bits per heavy atom. The van der Waals surface area contributed by atoms with Gasteiger partial charge in [-0.25, -0.2) is 9.59 Å². The number of hydrogen-bond acceptors (Lipinski definition) is 3. The van der Waals surface area contributed by atoms with Gasteiger partial charge in [-0.15, -0.1) is 0 Å². The van der Waals surface area contributed by atoms with Gasteiger partial charge in [-0.05, 0) is 25.7 Å². The van der Waals surface area contributed by atoms with Gasteiger partial charge in [0.25, 0.3) is 0 Å². The average molecular weight is 198 g/mol. The van der Waals surface area contributed by atoms with Crippen LogP contribution in [-0.4, -0.2) is 23.1 Å². The van der Waals surface area contributed by atoms with Crippen LogP contribution in [0.1, 0.15) is 32.1 Å².